The minimum atomic E-state index is 0. The summed E-state index contributed by atoms with van der Waals surface area (Å²) in [5, 5.41) is 0. The molecule has 1 rings (SSSR count). The fraction of sp³-hybridized carbons (Fsp3) is 0.111. The summed E-state index contributed by atoms with van der Waals surface area (Å²) in [5.74, 6) is 0. The Balaban J connectivity index is 0.000001000. The molecular weight excluding hydrogens is 213 g/mol. The molecule has 0 amide bonds. The molecule has 0 saturated carbocycles. The van der Waals surface area contributed by atoms with Gasteiger partial charge in [-0.15, -0.1) is 19.1 Å². The monoisotopic (exact) mass is 221 g/mol. The molecule has 0 saturated heterocycles. The van der Waals surface area contributed by atoms with E-state index >= 15 is 0 Å². The van der Waals surface area contributed by atoms with Crippen molar-refractivity contribution >= 4 is 6.29 Å². The fourth-order valence-corrected chi connectivity index (χ4v) is 0.842. The average molecular weight is 221 g/mol. The average Bonchev–Trinajstić information content (AvgIpc) is 2.04. The van der Waals surface area contributed by atoms with Crippen LogP contribution < -0.4 is 0 Å². The van der Waals surface area contributed by atoms with E-state index in [1.807, 2.05) is 37.8 Å². The molecule has 0 aromatic heterocycles. The third-order valence-electron chi connectivity index (χ3n) is 1.38. The van der Waals surface area contributed by atoms with E-state index in [1.54, 1.807) is 6.07 Å². The van der Waals surface area contributed by atoms with Gasteiger partial charge in [-0.3, -0.25) is 11.1 Å². The van der Waals surface area contributed by atoms with Crippen molar-refractivity contribution in [1.82, 2.24) is 0 Å². The Morgan fingerprint density at radius 1 is 1.36 bits per heavy atom. The van der Waals surface area contributed by atoms with E-state index in [0.717, 1.165) is 5.56 Å². The van der Waals surface area contributed by atoms with Gasteiger partial charge in [0.05, 0.1) is 0 Å². The van der Waals surface area contributed by atoms with Gasteiger partial charge in [-0.1, -0.05) is 0 Å². The van der Waals surface area contributed by atoms with E-state index in [1.165, 1.54) is 0 Å². The van der Waals surface area contributed by atoms with Crippen LogP contribution >= 0.6 is 0 Å². The molecule has 0 spiro atoms. The van der Waals surface area contributed by atoms with Gasteiger partial charge in [0.15, 0.2) is 0 Å². The van der Waals surface area contributed by atoms with E-state index in [-0.39, 0.29) is 32.7 Å². The Bertz CT molecular complexity index is 233. The second-order valence-corrected chi connectivity index (χ2v) is 1.98. The van der Waals surface area contributed by atoms with E-state index in [0.29, 0.717) is 5.56 Å². The van der Waals surface area contributed by atoms with Crippen LogP contribution in [-0.2, 0) is 37.5 Å². The molecule has 0 aliphatic carbocycles. The van der Waals surface area contributed by atoms with Crippen LogP contribution in [0.3, 0.4) is 0 Å². The molecule has 0 fully saturated rings. The van der Waals surface area contributed by atoms with Gasteiger partial charge in [0.2, 0.25) is 0 Å². The van der Waals surface area contributed by atoms with Crippen molar-refractivity contribution in [3.05, 3.63) is 41.8 Å². The third-order valence-corrected chi connectivity index (χ3v) is 1.38. The molecule has 0 N–H and O–H groups in total. The fourth-order valence-electron chi connectivity index (χ4n) is 0.842. The molecule has 0 unspecified atom stereocenters. The van der Waals surface area contributed by atoms with E-state index < -0.39 is 0 Å². The zero-order valence-electron chi connectivity index (χ0n) is 6.37. The second-order valence-electron chi connectivity index (χ2n) is 1.98. The van der Waals surface area contributed by atoms with Gasteiger partial charge >= 0.3 is 0 Å². The molecule has 0 aliphatic rings. The zero-order chi connectivity index (χ0) is 7.40. The Kier molecular flexibility index (Phi) is 5.44. The van der Waals surface area contributed by atoms with Gasteiger partial charge in [0, 0.05) is 32.7 Å². The van der Waals surface area contributed by atoms with Crippen molar-refractivity contribution in [2.75, 3.05) is 0 Å². The normalized spacial score (nSPS) is 8.09. The summed E-state index contributed by atoms with van der Waals surface area (Å²) < 4.78 is 0. The smallest absolute Gasteiger partial charge is 0 e. The molecule has 55 valence electrons. The van der Waals surface area contributed by atoms with Crippen LogP contribution in [0.25, 0.3) is 0 Å². The first-order valence-corrected chi connectivity index (χ1v) is 3.15. The van der Waals surface area contributed by atoms with Crippen molar-refractivity contribution in [2.24, 2.45) is 0 Å². The summed E-state index contributed by atoms with van der Waals surface area (Å²) in [6, 6.07) is 7.37. The van der Waals surface area contributed by atoms with E-state index in [9.17, 15) is 4.79 Å². The summed E-state index contributed by atoms with van der Waals surface area (Å²) in [7, 11) is 0. The molecule has 1 aromatic rings. The largest absolute Gasteiger partial charge is 0.391 e. The molecule has 1 aromatic carbocycles. The number of benzene rings is 1. The maximum atomic E-state index is 10.2. The first kappa shape index (κ1) is 10.9. The second kappa shape index (κ2) is 5.51. The number of hydrogen-bond donors (Lipinski definition) is 0. The van der Waals surface area contributed by atoms with E-state index in [2.05, 4.69) is 0 Å². The quantitative estimate of drug-likeness (QED) is 0.695. The van der Waals surface area contributed by atoms with E-state index in [4.69, 9.17) is 0 Å². The molecule has 1 nitrogen and oxygen atoms in total. The molecule has 0 aliphatic heterocycles. The van der Waals surface area contributed by atoms with Crippen LogP contribution in [0.2, 0.25) is 0 Å². The van der Waals surface area contributed by atoms with Gasteiger partial charge in [0.25, 0.3) is 0 Å². The summed E-state index contributed by atoms with van der Waals surface area (Å²) in [6.45, 7) is 1.90. The van der Waals surface area contributed by atoms with Crippen LogP contribution in [0.5, 0.6) is 0 Å². The molecule has 0 atom stereocenters. The van der Waals surface area contributed by atoms with Crippen LogP contribution in [-0.4, -0.2) is 6.29 Å². The van der Waals surface area contributed by atoms with Crippen molar-refractivity contribution in [1.29, 1.82) is 0 Å². The van der Waals surface area contributed by atoms with Crippen LogP contribution in [0.15, 0.2) is 24.3 Å². The predicted molar refractivity (Wildman–Crippen MR) is 40.3 cm³/mol. The van der Waals surface area contributed by atoms with Gasteiger partial charge in [0.1, 0.15) is 0 Å². The topological polar surface area (TPSA) is 17.1 Å². The van der Waals surface area contributed by atoms with Crippen molar-refractivity contribution in [2.45, 2.75) is 6.92 Å². The predicted octanol–water partition coefficient (Wildman–Crippen LogP) is 1.71. The summed E-state index contributed by atoms with van der Waals surface area (Å²) >= 11 is 0. The first-order chi connectivity index (χ1) is 4.88. The van der Waals surface area contributed by atoms with Crippen LogP contribution in [0.4, 0.5) is 0 Å². The molecule has 11 heavy (non-hydrogen) atoms. The number of rotatable bonds is 2. The van der Waals surface area contributed by atoms with Crippen LogP contribution in [0, 0.1) is 6.42 Å². The molecule has 0 bridgehead atoms. The zero-order valence-corrected chi connectivity index (χ0v) is 9.21. The maximum absolute atomic E-state index is 10.2. The Labute approximate surface area is 92.1 Å². The molecule has 0 heterocycles. The SMILES string of the molecule is C[CH-]c1ccccc1[C-]=O.[Y]. The van der Waals surface area contributed by atoms with Crippen molar-refractivity contribution in [3.8, 4) is 0 Å². The molecule has 2 heteroatoms. The summed E-state index contributed by atoms with van der Waals surface area (Å²) in [5.41, 5.74) is 1.57. The Hall–Kier alpha value is -0.136. The minimum absolute atomic E-state index is 0. The summed E-state index contributed by atoms with van der Waals surface area (Å²) in [6.07, 6.45) is 3.75. The van der Waals surface area contributed by atoms with Gasteiger partial charge in [-0.05, 0) is 6.29 Å². The molecule has 1 radical (unpaired) electrons. The van der Waals surface area contributed by atoms with Gasteiger partial charge < -0.3 is 4.79 Å². The summed E-state index contributed by atoms with van der Waals surface area (Å²) in [4.78, 5) is 10.2. The number of hydrogen-bond acceptors (Lipinski definition) is 1. The molecular formula is C9H8OY-2. The maximum Gasteiger partial charge on any atom is 0 e. The standard InChI is InChI=1S/C9H8O.Y/c1-2-8-5-3-4-6-9(8)7-10;/h2-6H,1H3;/q-2;. The Morgan fingerprint density at radius 3 is 2.45 bits per heavy atom. The van der Waals surface area contributed by atoms with Crippen molar-refractivity contribution < 1.29 is 37.5 Å². The van der Waals surface area contributed by atoms with Crippen LogP contribution in [0.1, 0.15) is 18.1 Å². The van der Waals surface area contributed by atoms with Gasteiger partial charge in [-0.2, -0.15) is 0 Å². The number of carbonyl (C=O) groups excluding carboxylic acids is 1. The third kappa shape index (κ3) is 2.76. The Morgan fingerprint density at radius 2 is 2.00 bits per heavy atom. The first-order valence-electron chi connectivity index (χ1n) is 3.15. The minimum Gasteiger partial charge on any atom is -0.391 e. The van der Waals surface area contributed by atoms with Crippen molar-refractivity contribution in [3.63, 3.8) is 0 Å². The van der Waals surface area contributed by atoms with Gasteiger partial charge in [-0.25, -0.2) is 18.6 Å².